The molecular weight excluding hydrogens is 315 g/mol. The Balaban J connectivity index is 1.95. The SMILES string of the molecule is Cc1ccccc1Nc1nc2cc(F)c(C(C)C)cc2n2cncc12. The van der Waals surface area contributed by atoms with Crippen molar-refractivity contribution in [2.45, 2.75) is 26.7 Å². The lowest BCUT2D eigenvalue weighted by molar-refractivity contribution is 0.600. The van der Waals surface area contributed by atoms with E-state index in [2.05, 4.69) is 15.3 Å². The Morgan fingerprint density at radius 3 is 2.68 bits per heavy atom. The minimum Gasteiger partial charge on any atom is -0.338 e. The van der Waals surface area contributed by atoms with Crippen molar-refractivity contribution < 1.29 is 4.39 Å². The van der Waals surface area contributed by atoms with E-state index in [1.807, 2.05) is 55.5 Å². The molecule has 4 aromatic rings. The van der Waals surface area contributed by atoms with Gasteiger partial charge in [0.1, 0.15) is 11.3 Å². The molecule has 0 aliphatic rings. The van der Waals surface area contributed by atoms with E-state index in [1.165, 1.54) is 6.07 Å². The molecule has 0 saturated heterocycles. The van der Waals surface area contributed by atoms with Crippen LogP contribution in [0.2, 0.25) is 0 Å². The fourth-order valence-corrected chi connectivity index (χ4v) is 3.07. The second-order valence-electron chi connectivity index (χ2n) is 6.57. The molecule has 4 rings (SSSR count). The first-order chi connectivity index (χ1) is 12.0. The minimum atomic E-state index is -0.226. The van der Waals surface area contributed by atoms with Crippen molar-refractivity contribution in [3.63, 3.8) is 0 Å². The average Bonchev–Trinajstić information content (AvgIpc) is 3.06. The lowest BCUT2D eigenvalue weighted by Crippen LogP contribution is -2.02. The van der Waals surface area contributed by atoms with Gasteiger partial charge in [-0.3, -0.25) is 4.40 Å². The van der Waals surface area contributed by atoms with E-state index in [1.54, 1.807) is 12.5 Å². The molecule has 2 aromatic carbocycles. The zero-order valence-electron chi connectivity index (χ0n) is 14.4. The van der Waals surface area contributed by atoms with Gasteiger partial charge < -0.3 is 5.32 Å². The topological polar surface area (TPSA) is 42.2 Å². The minimum absolute atomic E-state index is 0.104. The van der Waals surface area contributed by atoms with Crippen molar-refractivity contribution in [3.05, 3.63) is 65.9 Å². The molecule has 0 aliphatic heterocycles. The van der Waals surface area contributed by atoms with E-state index in [9.17, 15) is 4.39 Å². The van der Waals surface area contributed by atoms with Crippen LogP contribution >= 0.6 is 0 Å². The third-order valence-corrected chi connectivity index (χ3v) is 4.49. The second-order valence-corrected chi connectivity index (χ2v) is 6.57. The molecule has 0 radical (unpaired) electrons. The van der Waals surface area contributed by atoms with Crippen molar-refractivity contribution in [2.75, 3.05) is 5.32 Å². The molecule has 126 valence electrons. The molecule has 0 atom stereocenters. The van der Waals surface area contributed by atoms with E-state index >= 15 is 0 Å². The van der Waals surface area contributed by atoms with Crippen LogP contribution in [-0.4, -0.2) is 14.4 Å². The van der Waals surface area contributed by atoms with E-state index in [4.69, 9.17) is 0 Å². The number of nitrogens with one attached hydrogen (secondary N) is 1. The standard InChI is InChI=1S/C20H19FN4/c1-12(2)14-8-18-17(9-15(14)21)24-20(19-10-22-11-25(18)19)23-16-7-5-4-6-13(16)3/h4-12H,1-3H3,(H,23,24). The number of rotatable bonds is 3. The highest BCUT2D eigenvalue weighted by Gasteiger charge is 2.14. The molecule has 0 bridgehead atoms. The Morgan fingerprint density at radius 2 is 1.92 bits per heavy atom. The summed E-state index contributed by atoms with van der Waals surface area (Å²) in [4.78, 5) is 8.92. The van der Waals surface area contributed by atoms with E-state index in [0.29, 0.717) is 16.9 Å². The Hall–Kier alpha value is -2.95. The number of para-hydroxylation sites is 1. The van der Waals surface area contributed by atoms with Gasteiger partial charge in [0.05, 0.1) is 23.6 Å². The Labute approximate surface area is 145 Å². The van der Waals surface area contributed by atoms with Gasteiger partial charge >= 0.3 is 0 Å². The van der Waals surface area contributed by atoms with Crippen molar-refractivity contribution in [1.82, 2.24) is 14.4 Å². The van der Waals surface area contributed by atoms with Gasteiger partial charge in [0.15, 0.2) is 5.82 Å². The largest absolute Gasteiger partial charge is 0.338 e. The smallest absolute Gasteiger partial charge is 0.157 e. The summed E-state index contributed by atoms with van der Waals surface area (Å²) in [7, 11) is 0. The normalized spacial score (nSPS) is 11.6. The van der Waals surface area contributed by atoms with Crippen LogP contribution < -0.4 is 5.32 Å². The fraction of sp³-hybridized carbons (Fsp3) is 0.200. The summed E-state index contributed by atoms with van der Waals surface area (Å²) in [5, 5.41) is 3.36. The molecule has 0 unspecified atom stereocenters. The summed E-state index contributed by atoms with van der Waals surface area (Å²) in [5.41, 5.74) is 5.08. The summed E-state index contributed by atoms with van der Waals surface area (Å²) in [6.45, 7) is 6.00. The molecule has 2 heterocycles. The van der Waals surface area contributed by atoms with Crippen molar-refractivity contribution in [2.24, 2.45) is 0 Å². The third kappa shape index (κ3) is 2.61. The highest BCUT2D eigenvalue weighted by Crippen LogP contribution is 2.29. The third-order valence-electron chi connectivity index (χ3n) is 4.49. The van der Waals surface area contributed by atoms with Gasteiger partial charge in [-0.05, 0) is 36.1 Å². The highest BCUT2D eigenvalue weighted by atomic mass is 19.1. The van der Waals surface area contributed by atoms with Crippen LogP contribution in [-0.2, 0) is 0 Å². The van der Waals surface area contributed by atoms with Crippen LogP contribution in [0.4, 0.5) is 15.9 Å². The Kier molecular flexibility index (Phi) is 3.64. The predicted octanol–water partition coefficient (Wildman–Crippen LogP) is 5.20. The molecule has 0 amide bonds. The van der Waals surface area contributed by atoms with Gasteiger partial charge in [-0.1, -0.05) is 32.0 Å². The number of fused-ring (bicyclic) bond motifs is 3. The summed E-state index contributed by atoms with van der Waals surface area (Å²) in [5.74, 6) is 0.542. The molecule has 0 spiro atoms. The molecule has 0 aliphatic carbocycles. The van der Waals surface area contributed by atoms with Gasteiger partial charge in [0, 0.05) is 11.8 Å². The van der Waals surface area contributed by atoms with Gasteiger partial charge in [-0.25, -0.2) is 14.4 Å². The van der Waals surface area contributed by atoms with Gasteiger partial charge in [0.2, 0.25) is 0 Å². The number of benzene rings is 2. The summed E-state index contributed by atoms with van der Waals surface area (Å²) in [6, 6.07) is 11.4. The monoisotopic (exact) mass is 334 g/mol. The number of halogens is 1. The van der Waals surface area contributed by atoms with E-state index in [0.717, 1.165) is 22.3 Å². The number of aromatic nitrogens is 3. The maximum Gasteiger partial charge on any atom is 0.157 e. The summed E-state index contributed by atoms with van der Waals surface area (Å²) in [6.07, 6.45) is 3.51. The summed E-state index contributed by atoms with van der Waals surface area (Å²) < 4.78 is 16.4. The number of anilines is 2. The number of imidazole rings is 1. The molecule has 1 N–H and O–H groups in total. The van der Waals surface area contributed by atoms with E-state index in [-0.39, 0.29) is 11.7 Å². The van der Waals surface area contributed by atoms with Crippen LogP contribution in [0.3, 0.4) is 0 Å². The van der Waals surface area contributed by atoms with Crippen molar-refractivity contribution >= 4 is 28.1 Å². The lowest BCUT2D eigenvalue weighted by atomic mass is 10.0. The average molecular weight is 334 g/mol. The Morgan fingerprint density at radius 1 is 1.12 bits per heavy atom. The predicted molar refractivity (Wildman–Crippen MR) is 99.0 cm³/mol. The molecular formula is C20H19FN4. The van der Waals surface area contributed by atoms with Crippen LogP contribution in [0.5, 0.6) is 0 Å². The van der Waals surface area contributed by atoms with Crippen LogP contribution in [0, 0.1) is 12.7 Å². The van der Waals surface area contributed by atoms with Crippen LogP contribution in [0.25, 0.3) is 16.6 Å². The number of aryl methyl sites for hydroxylation is 1. The molecule has 5 heteroatoms. The van der Waals surface area contributed by atoms with Gasteiger partial charge in [-0.15, -0.1) is 0 Å². The molecule has 25 heavy (non-hydrogen) atoms. The Bertz CT molecular complexity index is 1080. The van der Waals surface area contributed by atoms with Gasteiger partial charge in [0.25, 0.3) is 0 Å². The maximum atomic E-state index is 14.4. The fourth-order valence-electron chi connectivity index (χ4n) is 3.07. The molecule has 4 nitrogen and oxygen atoms in total. The first-order valence-electron chi connectivity index (χ1n) is 8.32. The molecule has 0 fully saturated rings. The van der Waals surface area contributed by atoms with Crippen LogP contribution in [0.15, 0.2) is 48.9 Å². The van der Waals surface area contributed by atoms with Gasteiger partial charge in [-0.2, -0.15) is 0 Å². The first kappa shape index (κ1) is 15.6. The summed E-state index contributed by atoms with van der Waals surface area (Å²) >= 11 is 0. The highest BCUT2D eigenvalue weighted by molar-refractivity contribution is 5.86. The van der Waals surface area contributed by atoms with Crippen molar-refractivity contribution in [1.29, 1.82) is 0 Å². The zero-order valence-corrected chi connectivity index (χ0v) is 14.4. The van der Waals surface area contributed by atoms with E-state index < -0.39 is 0 Å². The molecule has 0 saturated carbocycles. The maximum absolute atomic E-state index is 14.4. The number of hydrogen-bond donors (Lipinski definition) is 1. The van der Waals surface area contributed by atoms with Crippen LogP contribution in [0.1, 0.15) is 30.9 Å². The lowest BCUT2D eigenvalue weighted by Gasteiger charge is -2.14. The quantitative estimate of drug-likeness (QED) is 0.560. The molecule has 2 aromatic heterocycles. The second kappa shape index (κ2) is 5.84. The first-order valence-corrected chi connectivity index (χ1v) is 8.32. The number of hydrogen-bond acceptors (Lipinski definition) is 3. The van der Waals surface area contributed by atoms with Crippen molar-refractivity contribution in [3.8, 4) is 0 Å². The zero-order chi connectivity index (χ0) is 17.6. The number of nitrogens with zero attached hydrogens (tertiary/aromatic N) is 3.